The zero-order valence-electron chi connectivity index (χ0n) is 17.0. The van der Waals surface area contributed by atoms with E-state index in [-0.39, 0.29) is 29.4 Å². The average Bonchev–Trinajstić information content (AvgIpc) is 3.35. The summed E-state index contributed by atoms with van der Waals surface area (Å²) in [4.78, 5) is 7.57. The zero-order chi connectivity index (χ0) is 18.2. The summed E-state index contributed by atoms with van der Waals surface area (Å²) in [6.07, 6.45) is 6.46. The second kappa shape index (κ2) is 11.2. The van der Waals surface area contributed by atoms with Crippen molar-refractivity contribution in [3.8, 4) is 0 Å². The topological polar surface area (TPSA) is 39.7 Å². The lowest BCUT2D eigenvalue weighted by Crippen LogP contribution is -2.41. The van der Waals surface area contributed by atoms with Crippen LogP contribution in [0.1, 0.15) is 51.5 Å². The molecule has 1 aromatic carbocycles. The average molecular weight is 484 g/mol. The molecule has 0 radical (unpaired) electrons. The molecule has 1 aliphatic heterocycles. The smallest absolute Gasteiger partial charge is 0.191 e. The highest BCUT2D eigenvalue weighted by Gasteiger charge is 2.35. The Hall–Kier alpha value is -0.820. The van der Waals surface area contributed by atoms with Crippen molar-refractivity contribution >= 4 is 29.9 Å². The van der Waals surface area contributed by atoms with Crippen LogP contribution in [0.3, 0.4) is 0 Å². The summed E-state index contributed by atoms with van der Waals surface area (Å²) in [5.74, 6) is 1.73. The molecule has 1 atom stereocenters. The maximum absolute atomic E-state index is 5.02. The van der Waals surface area contributed by atoms with Crippen molar-refractivity contribution in [1.29, 1.82) is 0 Å². The van der Waals surface area contributed by atoms with Gasteiger partial charge in [0.1, 0.15) is 0 Å². The minimum absolute atomic E-state index is 0. The Morgan fingerprint density at radius 1 is 1.15 bits per heavy atom. The van der Waals surface area contributed by atoms with Crippen LogP contribution < -0.4 is 10.6 Å². The predicted octanol–water partition coefficient (Wildman–Crippen LogP) is 4.01. The molecule has 1 unspecified atom stereocenters. The van der Waals surface area contributed by atoms with Crippen molar-refractivity contribution in [3.05, 3.63) is 35.9 Å². The van der Waals surface area contributed by atoms with Crippen molar-refractivity contribution in [2.75, 3.05) is 39.3 Å². The molecule has 2 N–H and O–H groups in total. The summed E-state index contributed by atoms with van der Waals surface area (Å²) in [5.41, 5.74) is 1.70. The van der Waals surface area contributed by atoms with Crippen molar-refractivity contribution in [3.63, 3.8) is 0 Å². The molecule has 4 nitrogen and oxygen atoms in total. The normalized spacial score (nSPS) is 22.4. The number of aliphatic imine (C=N–C) groups is 1. The predicted molar refractivity (Wildman–Crippen MR) is 126 cm³/mol. The fraction of sp³-hybridized carbons (Fsp3) is 0.682. The van der Waals surface area contributed by atoms with Crippen LogP contribution in [-0.4, -0.2) is 50.1 Å². The Bertz CT molecular complexity index is 569. The Morgan fingerprint density at radius 3 is 2.52 bits per heavy atom. The van der Waals surface area contributed by atoms with Crippen molar-refractivity contribution in [1.82, 2.24) is 15.5 Å². The van der Waals surface area contributed by atoms with E-state index < -0.39 is 0 Å². The molecule has 1 aliphatic carbocycles. The van der Waals surface area contributed by atoms with Gasteiger partial charge in [0.15, 0.2) is 5.96 Å². The Balaban J connectivity index is 0.00000261. The van der Waals surface area contributed by atoms with Crippen molar-refractivity contribution < 1.29 is 0 Å². The van der Waals surface area contributed by atoms with Gasteiger partial charge in [0.25, 0.3) is 0 Å². The van der Waals surface area contributed by atoms with E-state index >= 15 is 0 Å². The lowest BCUT2D eigenvalue weighted by molar-refractivity contribution is 0.341. The molecule has 0 spiro atoms. The van der Waals surface area contributed by atoms with Gasteiger partial charge >= 0.3 is 0 Å². The number of nitrogens with zero attached hydrogens (tertiary/aromatic N) is 2. The lowest BCUT2D eigenvalue weighted by atomic mass is 9.79. The molecule has 1 saturated carbocycles. The number of likely N-dealkylation sites (tertiary alicyclic amines) is 1. The van der Waals surface area contributed by atoms with E-state index in [0.29, 0.717) is 0 Å². The van der Waals surface area contributed by atoms with Gasteiger partial charge in [0, 0.05) is 25.0 Å². The molecular formula is C22H37IN4. The molecule has 27 heavy (non-hydrogen) atoms. The molecule has 0 amide bonds. The quantitative estimate of drug-likeness (QED) is 0.349. The third-order valence-corrected chi connectivity index (χ3v) is 6.21. The summed E-state index contributed by atoms with van der Waals surface area (Å²) in [5, 5.41) is 7.06. The Kier molecular flexibility index (Phi) is 9.36. The van der Waals surface area contributed by atoms with E-state index in [2.05, 4.69) is 59.7 Å². The molecule has 0 aromatic heterocycles. The van der Waals surface area contributed by atoms with E-state index in [4.69, 9.17) is 4.99 Å². The van der Waals surface area contributed by atoms with Crippen LogP contribution in [0.5, 0.6) is 0 Å². The maximum Gasteiger partial charge on any atom is 0.191 e. The summed E-state index contributed by atoms with van der Waals surface area (Å²) in [7, 11) is 0. The minimum Gasteiger partial charge on any atom is -0.357 e. The molecule has 152 valence electrons. The first-order valence-corrected chi connectivity index (χ1v) is 10.6. The highest BCUT2D eigenvalue weighted by Crippen LogP contribution is 2.41. The van der Waals surface area contributed by atoms with Gasteiger partial charge in [-0.15, -0.1) is 24.0 Å². The van der Waals surface area contributed by atoms with Crippen LogP contribution in [0.15, 0.2) is 35.3 Å². The van der Waals surface area contributed by atoms with Crippen LogP contribution in [0.4, 0.5) is 0 Å². The molecule has 1 aromatic rings. The van der Waals surface area contributed by atoms with Gasteiger partial charge in [0.05, 0.1) is 6.54 Å². The van der Waals surface area contributed by atoms with E-state index in [9.17, 15) is 0 Å². The first-order valence-electron chi connectivity index (χ1n) is 10.6. The van der Waals surface area contributed by atoms with Crippen LogP contribution in [0.25, 0.3) is 0 Å². The van der Waals surface area contributed by atoms with E-state index in [1.807, 2.05) is 0 Å². The van der Waals surface area contributed by atoms with Crippen LogP contribution >= 0.6 is 24.0 Å². The zero-order valence-corrected chi connectivity index (χ0v) is 19.4. The van der Waals surface area contributed by atoms with E-state index in [1.54, 1.807) is 0 Å². The highest BCUT2D eigenvalue weighted by atomic mass is 127. The van der Waals surface area contributed by atoms with Crippen LogP contribution in [0.2, 0.25) is 0 Å². The second-order valence-corrected chi connectivity index (χ2v) is 7.98. The molecule has 2 aliphatic rings. The molecule has 1 saturated heterocycles. The Morgan fingerprint density at radius 2 is 1.89 bits per heavy atom. The van der Waals surface area contributed by atoms with Crippen LogP contribution in [0, 0.1) is 5.92 Å². The fourth-order valence-electron chi connectivity index (χ4n) is 4.56. The monoisotopic (exact) mass is 484 g/mol. The standard InChI is InChI=1S/C22H36N4.HI/c1-3-23-21(24-16-19-12-15-26(4-2)17-19)25-18-22(13-8-9-14-22)20-10-6-5-7-11-20;/h5-7,10-11,19H,3-4,8-9,12-18H2,1-2H3,(H2,23,24,25);1H. The van der Waals surface area contributed by atoms with Gasteiger partial charge in [-0.3, -0.25) is 4.99 Å². The first-order chi connectivity index (χ1) is 12.8. The largest absolute Gasteiger partial charge is 0.357 e. The van der Waals surface area contributed by atoms with Gasteiger partial charge < -0.3 is 15.5 Å². The highest BCUT2D eigenvalue weighted by molar-refractivity contribution is 14.0. The number of guanidine groups is 1. The SMILES string of the molecule is CCNC(=NCC1(c2ccccc2)CCCC1)NCC1CCN(CC)C1.I. The number of hydrogen-bond donors (Lipinski definition) is 2. The van der Waals surface area contributed by atoms with E-state index in [0.717, 1.165) is 31.5 Å². The molecule has 1 heterocycles. The number of nitrogens with one attached hydrogen (secondary N) is 2. The van der Waals surface area contributed by atoms with E-state index in [1.165, 1.54) is 57.3 Å². The maximum atomic E-state index is 5.02. The third-order valence-electron chi connectivity index (χ3n) is 6.21. The molecule has 3 rings (SSSR count). The summed E-state index contributed by atoms with van der Waals surface area (Å²) in [6.45, 7) is 10.9. The Labute approximate surface area is 182 Å². The first kappa shape index (κ1) is 22.5. The molecule has 0 bridgehead atoms. The summed E-state index contributed by atoms with van der Waals surface area (Å²) in [6, 6.07) is 11.0. The lowest BCUT2D eigenvalue weighted by Gasteiger charge is -2.28. The van der Waals surface area contributed by atoms with Gasteiger partial charge in [0.2, 0.25) is 0 Å². The molecular weight excluding hydrogens is 447 g/mol. The van der Waals surface area contributed by atoms with Crippen molar-refractivity contribution in [2.24, 2.45) is 10.9 Å². The number of hydrogen-bond acceptors (Lipinski definition) is 2. The third kappa shape index (κ3) is 6.08. The van der Waals surface area contributed by atoms with Gasteiger partial charge in [-0.05, 0) is 50.8 Å². The number of rotatable bonds is 7. The minimum atomic E-state index is 0. The summed E-state index contributed by atoms with van der Waals surface area (Å²) >= 11 is 0. The van der Waals surface area contributed by atoms with Crippen LogP contribution in [-0.2, 0) is 5.41 Å². The molecule has 5 heteroatoms. The second-order valence-electron chi connectivity index (χ2n) is 7.98. The summed E-state index contributed by atoms with van der Waals surface area (Å²) < 4.78 is 0. The van der Waals surface area contributed by atoms with Crippen molar-refractivity contribution in [2.45, 2.75) is 51.4 Å². The number of halogens is 1. The van der Waals surface area contributed by atoms with Gasteiger partial charge in [-0.2, -0.15) is 0 Å². The molecule has 2 fully saturated rings. The van der Waals surface area contributed by atoms with Gasteiger partial charge in [-0.25, -0.2) is 0 Å². The number of benzene rings is 1. The fourth-order valence-corrected chi connectivity index (χ4v) is 4.56. The van der Waals surface area contributed by atoms with Gasteiger partial charge in [-0.1, -0.05) is 50.1 Å².